The van der Waals surface area contributed by atoms with Crippen LogP contribution in [0.3, 0.4) is 0 Å². The Morgan fingerprint density at radius 3 is 2.55 bits per heavy atom. The number of halogens is 4. The van der Waals surface area contributed by atoms with Crippen LogP contribution in [0.5, 0.6) is 11.6 Å². The summed E-state index contributed by atoms with van der Waals surface area (Å²) < 4.78 is 82.6. The highest BCUT2D eigenvalue weighted by molar-refractivity contribution is 5.98. The lowest BCUT2D eigenvalue weighted by molar-refractivity contribution is -0.153. The highest BCUT2D eigenvalue weighted by Crippen LogP contribution is 2.53. The molecular formula is C38H43F4N5O8. The number of pyridine rings is 2. The zero-order chi connectivity index (χ0) is 39.9. The van der Waals surface area contributed by atoms with E-state index in [0.29, 0.717) is 25.7 Å². The van der Waals surface area contributed by atoms with E-state index in [0.717, 1.165) is 4.90 Å². The largest absolute Gasteiger partial charge is 0.482 e. The van der Waals surface area contributed by atoms with Crippen molar-refractivity contribution in [2.75, 3.05) is 20.3 Å². The molecule has 6 rings (SSSR count). The number of hydrogen-bond acceptors (Lipinski definition) is 10. The molecule has 1 unspecified atom stereocenters. The number of amides is 3. The number of ether oxygens (including phenoxy) is 4. The van der Waals surface area contributed by atoms with Gasteiger partial charge in [-0.2, -0.15) is 13.2 Å². The van der Waals surface area contributed by atoms with Crippen LogP contribution < -0.4 is 20.1 Å². The van der Waals surface area contributed by atoms with E-state index in [1.807, 2.05) is 6.08 Å². The minimum atomic E-state index is -5.10. The molecule has 0 radical (unpaired) electrons. The van der Waals surface area contributed by atoms with Gasteiger partial charge in [0, 0.05) is 18.9 Å². The topological polar surface area (TPSA) is 158 Å². The molecule has 1 saturated heterocycles. The standard InChI is InChI=1S/C38H43F4N5O8/c1-6-53-33(50)37-17-16-21(37)12-10-8-7-9-11-13-24(44-34(51)55-35(2,3)4)32(49)47-20-36(19-25(47)31(48)46-37)18-22(39)27-28-23(14-15-26(45-28)52-5)43-30(29(27)54-36)38(40,41)42/h10,12,14-15,21-22,24-25H,6-9,11,13,18-20H2,1-5H3,(H,44,51)(H,46,48)/b12-10-/t21-,22?,24+,25+,36-,37-/m1/s1. The molecule has 2 N–H and O–H groups in total. The minimum absolute atomic E-state index is 0.00378. The fourth-order valence-corrected chi connectivity index (χ4v) is 7.43. The molecule has 4 aliphatic rings. The van der Waals surface area contributed by atoms with E-state index < -0.39 is 107 Å². The van der Waals surface area contributed by atoms with E-state index in [9.17, 15) is 32.3 Å². The number of hydrogen-bond donors (Lipinski definition) is 2. The smallest absolute Gasteiger partial charge is 0.437 e. The Morgan fingerprint density at radius 1 is 1.13 bits per heavy atom. The molecule has 2 aromatic rings. The monoisotopic (exact) mass is 773 g/mol. The van der Waals surface area contributed by atoms with Crippen LogP contribution >= 0.6 is 0 Å². The van der Waals surface area contributed by atoms with E-state index in [2.05, 4.69) is 32.4 Å². The Bertz CT molecular complexity index is 1970. The summed E-state index contributed by atoms with van der Waals surface area (Å²) in [6.07, 6.45) is -3.15. The van der Waals surface area contributed by atoms with Gasteiger partial charge in [-0.3, -0.25) is 9.59 Å². The first-order valence-corrected chi connectivity index (χ1v) is 18.2. The summed E-state index contributed by atoms with van der Waals surface area (Å²) in [7, 11) is 1.29. The molecule has 1 spiro atoms. The van der Waals surface area contributed by atoms with Crippen molar-refractivity contribution in [1.82, 2.24) is 25.5 Å². The number of rotatable bonds is 4. The molecule has 1 aliphatic carbocycles. The van der Waals surface area contributed by atoms with Crippen LogP contribution in [0, 0.1) is 17.8 Å². The van der Waals surface area contributed by atoms with Gasteiger partial charge in [0.25, 0.3) is 0 Å². The number of nitrogens with one attached hydrogen (secondary N) is 2. The van der Waals surface area contributed by atoms with Crippen molar-refractivity contribution in [3.05, 3.63) is 35.5 Å². The number of carbonyl (C=O) groups is 4. The molecule has 5 heterocycles. The lowest BCUT2D eigenvalue weighted by atomic mass is 9.76. The number of alkyl carbamates (subject to hydrolysis) is 1. The Morgan fingerprint density at radius 2 is 1.89 bits per heavy atom. The summed E-state index contributed by atoms with van der Waals surface area (Å²) in [4.78, 5) is 64.5. The zero-order valence-electron chi connectivity index (χ0n) is 31.1. The van der Waals surface area contributed by atoms with Gasteiger partial charge >= 0.3 is 18.2 Å². The molecule has 17 heteroatoms. The molecule has 1 fully saturated rings. The Kier molecular flexibility index (Phi) is 10.7. The molecule has 6 atom stereocenters. The Balaban J connectivity index is 1.44. The third-order valence-electron chi connectivity index (χ3n) is 9.93. The number of allylic oxidation sites excluding steroid dienone is 1. The van der Waals surface area contributed by atoms with E-state index in [-0.39, 0.29) is 29.9 Å². The van der Waals surface area contributed by atoms with Crippen LogP contribution in [-0.4, -0.2) is 87.8 Å². The van der Waals surface area contributed by atoms with E-state index >= 15 is 4.39 Å². The number of carbonyl (C=O) groups excluding carboxylic acids is 4. The van der Waals surface area contributed by atoms with Crippen LogP contribution in [-0.2, 0) is 30.0 Å². The van der Waals surface area contributed by atoms with Crippen molar-refractivity contribution in [2.24, 2.45) is 5.92 Å². The SMILES string of the molecule is CCOC(=O)[C@@]12C#C[C@H]1/C=C\CCCCC[C@H](NC(=O)OC(C)(C)C)C(=O)N1C[C@@]3(CC(F)c4c(c(C(F)(F)F)nc5ccc(OC)nc45)O3)C[C@H]1C(=O)N2. The summed E-state index contributed by atoms with van der Waals surface area (Å²) in [5.41, 5.74) is -7.10. The van der Waals surface area contributed by atoms with Gasteiger partial charge < -0.3 is 34.5 Å². The van der Waals surface area contributed by atoms with Crippen molar-refractivity contribution in [2.45, 2.75) is 114 Å². The third kappa shape index (κ3) is 7.86. The summed E-state index contributed by atoms with van der Waals surface area (Å²) in [6, 6.07) is -0.244. The predicted molar refractivity (Wildman–Crippen MR) is 187 cm³/mol. The van der Waals surface area contributed by atoms with Gasteiger partial charge in [-0.05, 0) is 53.0 Å². The molecule has 296 valence electrons. The van der Waals surface area contributed by atoms with Crippen LogP contribution in [0.25, 0.3) is 11.0 Å². The summed E-state index contributed by atoms with van der Waals surface area (Å²) >= 11 is 0. The maximum atomic E-state index is 16.7. The maximum Gasteiger partial charge on any atom is 0.437 e. The summed E-state index contributed by atoms with van der Waals surface area (Å²) in [5.74, 6) is 1.39. The van der Waals surface area contributed by atoms with Crippen LogP contribution in [0.4, 0.5) is 22.4 Å². The van der Waals surface area contributed by atoms with Gasteiger partial charge in [-0.1, -0.05) is 36.8 Å². The first kappa shape index (κ1) is 39.6. The molecular weight excluding hydrogens is 730 g/mol. The molecule has 0 aromatic carbocycles. The first-order valence-electron chi connectivity index (χ1n) is 18.2. The normalized spacial score (nSPS) is 28.7. The van der Waals surface area contributed by atoms with Crippen molar-refractivity contribution >= 4 is 34.9 Å². The molecule has 13 nitrogen and oxygen atoms in total. The first-order chi connectivity index (χ1) is 25.9. The average molecular weight is 774 g/mol. The second kappa shape index (κ2) is 14.8. The number of alkyl halides is 4. The van der Waals surface area contributed by atoms with E-state index in [4.69, 9.17) is 18.9 Å². The van der Waals surface area contributed by atoms with Crippen LogP contribution in [0.15, 0.2) is 24.3 Å². The van der Waals surface area contributed by atoms with Crippen LogP contribution in [0.1, 0.15) is 90.1 Å². The van der Waals surface area contributed by atoms with Gasteiger partial charge in [0.2, 0.25) is 23.2 Å². The lowest BCUT2D eigenvalue weighted by Crippen LogP contribution is -2.65. The summed E-state index contributed by atoms with van der Waals surface area (Å²) in [5, 5.41) is 5.28. The fraction of sp³-hybridized carbons (Fsp3) is 0.579. The highest BCUT2D eigenvalue weighted by atomic mass is 19.4. The minimum Gasteiger partial charge on any atom is -0.482 e. The predicted octanol–water partition coefficient (Wildman–Crippen LogP) is 5.25. The van der Waals surface area contributed by atoms with Gasteiger partial charge in [0.05, 0.1) is 37.3 Å². The van der Waals surface area contributed by atoms with Gasteiger partial charge in [0.1, 0.15) is 35.0 Å². The lowest BCUT2D eigenvalue weighted by Gasteiger charge is -2.38. The average Bonchev–Trinajstić information content (AvgIpc) is 3.45. The number of fused-ring (bicyclic) bond motifs is 5. The second-order valence-corrected chi connectivity index (χ2v) is 15.1. The van der Waals surface area contributed by atoms with Gasteiger partial charge in [0.15, 0.2) is 11.4 Å². The van der Waals surface area contributed by atoms with Crippen molar-refractivity contribution < 1.29 is 55.7 Å². The number of nitrogens with zero attached hydrogens (tertiary/aromatic N) is 3. The quantitative estimate of drug-likeness (QED) is 0.182. The molecule has 3 amide bonds. The Hall–Kier alpha value is -5.14. The number of aromatic nitrogens is 2. The fourth-order valence-electron chi connectivity index (χ4n) is 7.43. The number of methoxy groups -OCH3 is 1. The van der Waals surface area contributed by atoms with E-state index in [1.165, 1.54) is 19.2 Å². The molecule has 55 heavy (non-hydrogen) atoms. The van der Waals surface area contributed by atoms with E-state index in [1.54, 1.807) is 33.8 Å². The highest BCUT2D eigenvalue weighted by Gasteiger charge is 2.59. The molecule has 2 aromatic heterocycles. The molecule has 0 bridgehead atoms. The van der Waals surface area contributed by atoms with Crippen LogP contribution in [0.2, 0.25) is 0 Å². The van der Waals surface area contributed by atoms with Gasteiger partial charge in [-0.15, -0.1) is 0 Å². The number of esters is 1. The molecule has 0 saturated carbocycles. The summed E-state index contributed by atoms with van der Waals surface area (Å²) in [6.45, 7) is 5.93. The van der Waals surface area contributed by atoms with Gasteiger partial charge in [-0.25, -0.2) is 23.9 Å². The maximum absolute atomic E-state index is 16.7. The molecule has 3 aliphatic heterocycles. The van der Waals surface area contributed by atoms with Crippen molar-refractivity contribution in [1.29, 1.82) is 0 Å². The third-order valence-corrected chi connectivity index (χ3v) is 9.93. The van der Waals surface area contributed by atoms with Crippen molar-refractivity contribution in [3.63, 3.8) is 0 Å². The second-order valence-electron chi connectivity index (χ2n) is 15.1. The Labute approximate surface area is 314 Å². The zero-order valence-corrected chi connectivity index (χ0v) is 31.1. The van der Waals surface area contributed by atoms with Crippen molar-refractivity contribution in [3.8, 4) is 23.5 Å².